The highest BCUT2D eigenvalue weighted by atomic mass is 31.2. The van der Waals surface area contributed by atoms with Crippen molar-refractivity contribution in [3.63, 3.8) is 0 Å². The van der Waals surface area contributed by atoms with E-state index in [9.17, 15) is 18.9 Å². The lowest BCUT2D eigenvalue weighted by Gasteiger charge is -2.38. The van der Waals surface area contributed by atoms with Crippen LogP contribution < -0.4 is 10.4 Å². The number of ether oxygens (including phenoxy) is 1. The van der Waals surface area contributed by atoms with Crippen LogP contribution >= 0.6 is 7.59 Å². The van der Waals surface area contributed by atoms with Gasteiger partial charge in [0.15, 0.2) is 0 Å². The normalized spacial score (nSPS) is 16.9. The van der Waals surface area contributed by atoms with Crippen LogP contribution in [0.15, 0.2) is 30.3 Å². The van der Waals surface area contributed by atoms with Crippen LogP contribution in [-0.2, 0) is 20.7 Å². The zero-order valence-electron chi connectivity index (χ0n) is 15.7. The fraction of sp³-hybridized carbons (Fsp3) is 0.438. The second-order valence-corrected chi connectivity index (χ2v) is 9.27. The summed E-state index contributed by atoms with van der Waals surface area (Å²) in [5.74, 6) is -0.590. The lowest BCUT2D eigenvalue weighted by molar-refractivity contribution is -0.139. The van der Waals surface area contributed by atoms with Gasteiger partial charge in [0.2, 0.25) is 0 Å². The molecule has 4 amide bonds. The Hall–Kier alpha value is -2.42. The summed E-state index contributed by atoms with van der Waals surface area (Å²) >= 11 is 0. The van der Waals surface area contributed by atoms with Crippen LogP contribution in [0.25, 0.3) is 0 Å². The summed E-state index contributed by atoms with van der Waals surface area (Å²) in [6.45, 7) is 0.0542. The molecular weight excluding hydrogens is 373 g/mol. The van der Waals surface area contributed by atoms with E-state index in [0.29, 0.717) is 0 Å². The van der Waals surface area contributed by atoms with Crippen molar-refractivity contribution in [2.24, 2.45) is 0 Å². The first-order valence-electron chi connectivity index (χ1n) is 8.21. The zero-order chi connectivity index (χ0) is 20.2. The van der Waals surface area contributed by atoms with E-state index in [2.05, 4.69) is 10.4 Å². The van der Waals surface area contributed by atoms with Gasteiger partial charge in [0.25, 0.3) is 5.91 Å². The van der Waals surface area contributed by atoms with Gasteiger partial charge in [-0.3, -0.25) is 19.3 Å². The Balaban J connectivity index is 1.82. The smallest absolute Gasteiger partial charge is 0.408 e. The number of urea groups is 1. The zero-order valence-corrected chi connectivity index (χ0v) is 16.6. The Bertz CT molecular complexity index is 743. The number of likely N-dealkylation sites (tertiary alicyclic amines) is 1. The minimum absolute atomic E-state index is 0.0219. The maximum Gasteiger partial charge on any atom is 0.408 e. The lowest BCUT2D eigenvalue weighted by atomic mass is 10.1. The molecule has 27 heavy (non-hydrogen) atoms. The molecule has 0 spiro atoms. The Morgan fingerprint density at radius 3 is 2.30 bits per heavy atom. The average Bonchev–Trinajstić information content (AvgIpc) is 2.62. The molecule has 148 valence electrons. The molecule has 1 aliphatic heterocycles. The van der Waals surface area contributed by atoms with E-state index in [1.165, 1.54) is 9.34 Å². The number of hydrogen-bond acceptors (Lipinski definition) is 5. The molecule has 0 radical (unpaired) electrons. The summed E-state index contributed by atoms with van der Waals surface area (Å²) < 4.78 is 20.6. The lowest BCUT2D eigenvalue weighted by Crippen LogP contribution is -2.67. The van der Waals surface area contributed by atoms with Crippen molar-refractivity contribution in [3.05, 3.63) is 35.9 Å². The molecule has 1 aromatic rings. The minimum Gasteiger partial charge on any atom is -0.445 e. The van der Waals surface area contributed by atoms with Crippen molar-refractivity contribution in [3.8, 4) is 0 Å². The largest absolute Gasteiger partial charge is 0.445 e. The predicted octanol–water partition coefficient (Wildman–Crippen LogP) is 1.06. The van der Waals surface area contributed by atoms with Gasteiger partial charge in [-0.25, -0.2) is 18.9 Å². The number of benzene rings is 1. The van der Waals surface area contributed by atoms with E-state index >= 15 is 0 Å². The van der Waals surface area contributed by atoms with Crippen LogP contribution in [-0.4, -0.2) is 73.0 Å². The number of imide groups is 1. The highest BCUT2D eigenvalue weighted by molar-refractivity contribution is 7.57. The molecule has 10 nitrogen and oxygen atoms in total. The average molecular weight is 397 g/mol. The van der Waals surface area contributed by atoms with Crippen LogP contribution in [0.4, 0.5) is 9.59 Å². The number of hydrogen-bond donors (Lipinski definition) is 2. The third kappa shape index (κ3) is 4.85. The molecule has 0 saturated carbocycles. The first kappa shape index (κ1) is 20.9. The van der Waals surface area contributed by atoms with E-state index in [-0.39, 0.29) is 13.2 Å². The van der Waals surface area contributed by atoms with Gasteiger partial charge in [-0.2, -0.15) is 0 Å². The van der Waals surface area contributed by atoms with Crippen molar-refractivity contribution in [1.82, 2.24) is 24.6 Å². The first-order chi connectivity index (χ1) is 12.6. The van der Waals surface area contributed by atoms with Gasteiger partial charge in [-0.1, -0.05) is 30.3 Å². The van der Waals surface area contributed by atoms with E-state index < -0.39 is 31.7 Å². The summed E-state index contributed by atoms with van der Waals surface area (Å²) in [7, 11) is 2.94. The molecule has 11 heteroatoms. The van der Waals surface area contributed by atoms with E-state index in [1.807, 2.05) is 30.3 Å². The Kier molecular flexibility index (Phi) is 6.59. The molecule has 0 aromatic heterocycles. The summed E-state index contributed by atoms with van der Waals surface area (Å²) in [6, 6.07) is 7.48. The number of nitrogens with zero attached hydrogens (tertiary/aromatic N) is 3. The molecule has 1 atom stereocenters. The Labute approximate surface area is 158 Å². The molecule has 1 fully saturated rings. The monoisotopic (exact) mass is 397 g/mol. The Morgan fingerprint density at radius 1 is 1.19 bits per heavy atom. The highest BCUT2D eigenvalue weighted by Crippen LogP contribution is 2.45. The van der Waals surface area contributed by atoms with Gasteiger partial charge in [0, 0.05) is 0 Å². The summed E-state index contributed by atoms with van der Waals surface area (Å²) in [5, 5.41) is 4.78. The van der Waals surface area contributed by atoms with Crippen molar-refractivity contribution in [2.75, 3.05) is 34.7 Å². The molecule has 2 rings (SSSR count). The quantitative estimate of drug-likeness (QED) is 0.545. The fourth-order valence-electron chi connectivity index (χ4n) is 2.37. The molecular formula is C16H24N5O5P. The van der Waals surface area contributed by atoms with Gasteiger partial charge >= 0.3 is 19.7 Å². The maximum atomic E-state index is 12.7. The molecule has 1 saturated heterocycles. The van der Waals surface area contributed by atoms with Crippen molar-refractivity contribution in [1.29, 1.82) is 0 Å². The molecule has 1 heterocycles. The number of amides is 4. The van der Waals surface area contributed by atoms with Crippen molar-refractivity contribution >= 4 is 25.6 Å². The van der Waals surface area contributed by atoms with Gasteiger partial charge < -0.3 is 10.1 Å². The number of alkyl carbamates (subject to hydrolysis) is 1. The SMILES string of the molecule is CN(C)P(=O)(NC(=O)N1C[C@H](NC(=O)OCc2ccccc2)C1=O)N(C)C. The van der Waals surface area contributed by atoms with Gasteiger partial charge in [0.1, 0.15) is 12.6 Å². The Morgan fingerprint density at radius 2 is 1.78 bits per heavy atom. The van der Waals surface area contributed by atoms with Crippen LogP contribution in [0.5, 0.6) is 0 Å². The standard InChI is InChI=1S/C16H24N5O5P/c1-19(2)27(25,20(3)4)18-15(23)21-10-13(14(21)22)17-16(24)26-11-12-8-6-5-7-9-12/h5-9,13H,10-11H2,1-4H3,(H,17,24)(H,18,23,25)/t13-/m0/s1. The number of carbonyl (C=O) groups is 3. The highest BCUT2D eigenvalue weighted by Gasteiger charge is 2.44. The number of rotatable bonds is 6. The summed E-state index contributed by atoms with van der Waals surface area (Å²) in [5.41, 5.74) is 0.816. The second-order valence-electron chi connectivity index (χ2n) is 6.36. The number of nitrogens with one attached hydrogen (secondary N) is 2. The molecule has 1 aliphatic rings. The molecule has 2 N–H and O–H groups in total. The maximum absolute atomic E-state index is 12.7. The third-order valence-corrected chi connectivity index (χ3v) is 6.66. The van der Waals surface area contributed by atoms with E-state index in [1.54, 1.807) is 28.2 Å². The van der Waals surface area contributed by atoms with Crippen LogP contribution in [0, 0.1) is 0 Å². The minimum atomic E-state index is -3.31. The van der Waals surface area contributed by atoms with Crippen LogP contribution in [0.2, 0.25) is 0 Å². The first-order valence-corrected chi connectivity index (χ1v) is 9.83. The molecule has 0 bridgehead atoms. The molecule has 1 aromatic carbocycles. The van der Waals surface area contributed by atoms with Crippen LogP contribution in [0.1, 0.15) is 5.56 Å². The summed E-state index contributed by atoms with van der Waals surface area (Å²) in [4.78, 5) is 37.0. The van der Waals surface area contributed by atoms with Gasteiger partial charge in [0.05, 0.1) is 6.54 Å². The van der Waals surface area contributed by atoms with Crippen molar-refractivity contribution < 1.29 is 23.7 Å². The third-order valence-electron chi connectivity index (χ3n) is 4.00. The molecule has 0 unspecified atom stereocenters. The fourth-order valence-corrected chi connectivity index (χ4v) is 3.85. The van der Waals surface area contributed by atoms with Gasteiger partial charge in [-0.05, 0) is 33.8 Å². The van der Waals surface area contributed by atoms with Crippen molar-refractivity contribution in [2.45, 2.75) is 12.6 Å². The van der Waals surface area contributed by atoms with E-state index in [0.717, 1.165) is 10.5 Å². The van der Waals surface area contributed by atoms with E-state index in [4.69, 9.17) is 4.74 Å². The number of carbonyl (C=O) groups excluding carboxylic acids is 3. The predicted molar refractivity (Wildman–Crippen MR) is 98.8 cm³/mol. The topological polar surface area (TPSA) is 111 Å². The number of β-lactam (4-membered cyclic amide) rings is 1. The molecule has 0 aliphatic carbocycles. The van der Waals surface area contributed by atoms with Crippen LogP contribution in [0.3, 0.4) is 0 Å². The van der Waals surface area contributed by atoms with Gasteiger partial charge in [-0.15, -0.1) is 0 Å². The summed E-state index contributed by atoms with van der Waals surface area (Å²) in [6.07, 6.45) is -0.746. The second kappa shape index (κ2) is 8.51.